The van der Waals surface area contributed by atoms with Crippen molar-refractivity contribution in [3.63, 3.8) is 0 Å². The predicted molar refractivity (Wildman–Crippen MR) is 114 cm³/mol. The smallest absolute Gasteiger partial charge is 0.366 e. The fraction of sp³-hybridized carbons (Fsp3) is 0.435. The number of methoxy groups -OCH3 is 1. The first-order chi connectivity index (χ1) is 14.4. The van der Waals surface area contributed by atoms with Crippen molar-refractivity contribution in [2.75, 3.05) is 13.7 Å². The van der Waals surface area contributed by atoms with Crippen LogP contribution in [-0.4, -0.2) is 57.5 Å². The van der Waals surface area contributed by atoms with Gasteiger partial charge in [-0.25, -0.2) is 9.78 Å². The molecule has 0 aliphatic carbocycles. The minimum atomic E-state index is -1.63. The molecule has 8 heteroatoms. The van der Waals surface area contributed by atoms with Gasteiger partial charge in [0.15, 0.2) is 6.10 Å². The Morgan fingerprint density at radius 1 is 1.35 bits per heavy atom. The molecule has 1 fully saturated rings. The number of hydrogen-bond donors (Lipinski definition) is 1. The number of aromatic nitrogens is 1. The van der Waals surface area contributed by atoms with E-state index in [-0.39, 0.29) is 18.8 Å². The molecule has 3 unspecified atom stereocenters. The molecule has 1 aromatic heterocycles. The van der Waals surface area contributed by atoms with Gasteiger partial charge in [-0.2, -0.15) is 0 Å². The van der Waals surface area contributed by atoms with E-state index in [0.717, 1.165) is 5.39 Å². The van der Waals surface area contributed by atoms with Gasteiger partial charge in [-0.1, -0.05) is 12.7 Å². The summed E-state index contributed by atoms with van der Waals surface area (Å²) in [5.41, 5.74) is -1.30. The minimum absolute atomic E-state index is 0.0119. The second kappa shape index (κ2) is 7.53. The third-order valence-corrected chi connectivity index (χ3v) is 6.38. The second-order valence-corrected chi connectivity index (χ2v) is 9.10. The average Bonchev–Trinajstić information content (AvgIpc) is 3.01. The van der Waals surface area contributed by atoms with Gasteiger partial charge in [-0.3, -0.25) is 4.48 Å². The Morgan fingerprint density at radius 3 is 2.52 bits per heavy atom. The first kappa shape index (κ1) is 22.6. The normalized spacial score (nSPS) is 25.9. The standard InChI is InChI=1S/C23H28N2O6/c1-7-14-10-15-8-9-16(30-6)11-18(15)24-19(14)31-17-12-23(5,20(26)27)25(13-17,21(28)29)22(2,3)4/h7-11,17H,1,12-13H2,2-6H3,(H-,26,27,28,29). The summed E-state index contributed by atoms with van der Waals surface area (Å²) in [5.74, 6) is -0.310. The van der Waals surface area contributed by atoms with Crippen LogP contribution in [0.1, 0.15) is 39.7 Å². The van der Waals surface area contributed by atoms with Crippen molar-refractivity contribution in [1.82, 2.24) is 4.98 Å². The zero-order valence-electron chi connectivity index (χ0n) is 18.5. The summed E-state index contributed by atoms with van der Waals surface area (Å²) in [5, 5.41) is 23.2. The van der Waals surface area contributed by atoms with Crippen LogP contribution in [0, 0.1) is 0 Å². The second-order valence-electron chi connectivity index (χ2n) is 9.10. The van der Waals surface area contributed by atoms with E-state index in [1.54, 1.807) is 40.0 Å². The fourth-order valence-electron chi connectivity index (χ4n) is 4.74. The Labute approximate surface area is 181 Å². The molecule has 166 valence electrons. The lowest BCUT2D eigenvalue weighted by Crippen LogP contribution is -2.76. The molecule has 1 aliphatic heterocycles. The number of pyridine rings is 1. The molecule has 8 nitrogen and oxygen atoms in total. The van der Waals surface area contributed by atoms with Crippen LogP contribution in [0.15, 0.2) is 30.8 Å². The summed E-state index contributed by atoms with van der Waals surface area (Å²) in [6, 6.07) is 7.32. The van der Waals surface area contributed by atoms with Gasteiger partial charge in [0.2, 0.25) is 11.4 Å². The number of likely N-dealkylation sites (tertiary alicyclic amines) is 1. The summed E-state index contributed by atoms with van der Waals surface area (Å²) in [4.78, 5) is 29.2. The van der Waals surface area contributed by atoms with Crippen LogP contribution in [0.3, 0.4) is 0 Å². The molecule has 2 aromatic rings. The molecule has 1 aliphatic rings. The SMILES string of the molecule is C=Cc1cc2ccc(OC)cc2nc1OC1CC(C)(C(=O)O)[N+](C(=O)[O-])(C(C)(C)C)C1. The van der Waals surface area contributed by atoms with E-state index < -0.39 is 33.7 Å². The predicted octanol–water partition coefficient (Wildman–Crippen LogP) is 2.84. The minimum Gasteiger partial charge on any atom is -0.498 e. The van der Waals surface area contributed by atoms with E-state index >= 15 is 0 Å². The number of amides is 1. The highest BCUT2D eigenvalue weighted by Crippen LogP contribution is 2.45. The number of carbonyl (C=O) groups is 2. The van der Waals surface area contributed by atoms with Crippen molar-refractivity contribution >= 4 is 29.0 Å². The Balaban J connectivity index is 2.07. The maximum atomic E-state index is 12.4. The van der Waals surface area contributed by atoms with E-state index in [1.165, 1.54) is 6.92 Å². The number of nitrogens with zero attached hydrogens (tertiary/aromatic N) is 2. The van der Waals surface area contributed by atoms with Gasteiger partial charge < -0.3 is 24.5 Å². The molecule has 1 N–H and O–H groups in total. The number of benzene rings is 1. The van der Waals surface area contributed by atoms with Crippen LogP contribution in [0.2, 0.25) is 0 Å². The highest BCUT2D eigenvalue weighted by atomic mass is 16.5. The summed E-state index contributed by atoms with van der Waals surface area (Å²) >= 11 is 0. The summed E-state index contributed by atoms with van der Waals surface area (Å²) < 4.78 is 10.6. The van der Waals surface area contributed by atoms with Crippen molar-refractivity contribution in [1.29, 1.82) is 0 Å². The third-order valence-electron chi connectivity index (χ3n) is 6.38. The van der Waals surface area contributed by atoms with Crippen LogP contribution < -0.4 is 14.6 Å². The molecule has 31 heavy (non-hydrogen) atoms. The molecule has 0 spiro atoms. The fourth-order valence-corrected chi connectivity index (χ4v) is 4.74. The van der Waals surface area contributed by atoms with Gasteiger partial charge >= 0.3 is 5.97 Å². The molecule has 3 atom stereocenters. The van der Waals surface area contributed by atoms with Crippen molar-refractivity contribution in [2.24, 2.45) is 0 Å². The number of quaternary nitrogens is 1. The van der Waals surface area contributed by atoms with Crippen molar-refractivity contribution in [3.05, 3.63) is 36.4 Å². The van der Waals surface area contributed by atoms with Crippen LogP contribution in [0.5, 0.6) is 11.6 Å². The topological polar surface area (TPSA) is 109 Å². The molecule has 0 bridgehead atoms. The first-order valence-corrected chi connectivity index (χ1v) is 10.0. The molecule has 0 saturated carbocycles. The molecular weight excluding hydrogens is 400 g/mol. The van der Waals surface area contributed by atoms with Crippen LogP contribution in [0.25, 0.3) is 17.0 Å². The van der Waals surface area contributed by atoms with Crippen LogP contribution >= 0.6 is 0 Å². The van der Waals surface area contributed by atoms with E-state index in [1.807, 2.05) is 18.2 Å². The summed E-state index contributed by atoms with van der Waals surface area (Å²) in [6.07, 6.45) is -0.555. The van der Waals surface area contributed by atoms with E-state index in [2.05, 4.69) is 11.6 Å². The number of fused-ring (bicyclic) bond motifs is 1. The Bertz CT molecular complexity index is 1060. The quantitative estimate of drug-likeness (QED) is 0.730. The number of carboxylic acid groups (broad SMARTS) is 2. The molecule has 3 rings (SSSR count). The summed E-state index contributed by atoms with van der Waals surface area (Å²) in [7, 11) is 1.56. The van der Waals surface area contributed by atoms with Crippen LogP contribution in [0.4, 0.5) is 4.79 Å². The molecule has 2 heterocycles. The van der Waals surface area contributed by atoms with Crippen molar-refractivity contribution < 1.29 is 33.8 Å². The number of ether oxygens (including phenoxy) is 2. The highest BCUT2D eigenvalue weighted by Gasteiger charge is 2.67. The maximum absolute atomic E-state index is 12.4. The monoisotopic (exact) mass is 428 g/mol. The molecule has 1 saturated heterocycles. The number of rotatable bonds is 5. The Hall–Kier alpha value is -3.13. The van der Waals surface area contributed by atoms with E-state index in [4.69, 9.17) is 9.47 Å². The van der Waals surface area contributed by atoms with Crippen molar-refractivity contribution in [2.45, 2.75) is 51.3 Å². The van der Waals surface area contributed by atoms with E-state index in [0.29, 0.717) is 16.8 Å². The highest BCUT2D eigenvalue weighted by molar-refractivity contribution is 5.83. The number of hydrogen-bond acceptors (Lipinski definition) is 6. The molecule has 1 amide bonds. The lowest BCUT2D eigenvalue weighted by Gasteiger charge is -2.52. The first-order valence-electron chi connectivity index (χ1n) is 10.0. The molecule has 1 aromatic carbocycles. The number of carboxylic acids is 1. The number of aliphatic carboxylic acids is 1. The Kier molecular flexibility index (Phi) is 5.48. The van der Waals surface area contributed by atoms with Gasteiger partial charge in [0.1, 0.15) is 12.3 Å². The van der Waals surface area contributed by atoms with Gasteiger partial charge in [0, 0.05) is 23.9 Å². The van der Waals surface area contributed by atoms with Gasteiger partial charge in [0.05, 0.1) is 24.6 Å². The molecule has 0 radical (unpaired) electrons. The Morgan fingerprint density at radius 2 is 2.03 bits per heavy atom. The zero-order chi connectivity index (χ0) is 23.2. The lowest BCUT2D eigenvalue weighted by molar-refractivity contribution is -0.944. The maximum Gasteiger partial charge on any atom is 0.366 e. The largest absolute Gasteiger partial charge is 0.498 e. The third kappa shape index (κ3) is 3.40. The number of carbonyl (C=O) groups excluding carboxylic acids is 1. The average molecular weight is 428 g/mol. The van der Waals surface area contributed by atoms with Gasteiger partial charge in [-0.15, -0.1) is 0 Å². The molecular formula is C23H28N2O6. The zero-order valence-corrected chi connectivity index (χ0v) is 18.5. The lowest BCUT2D eigenvalue weighted by atomic mass is 9.90. The van der Waals surface area contributed by atoms with Gasteiger partial charge in [-0.05, 0) is 39.0 Å². The van der Waals surface area contributed by atoms with Crippen LogP contribution in [-0.2, 0) is 4.79 Å². The summed E-state index contributed by atoms with van der Waals surface area (Å²) in [6.45, 7) is 10.3. The van der Waals surface area contributed by atoms with Crippen molar-refractivity contribution in [3.8, 4) is 11.6 Å². The van der Waals surface area contributed by atoms with Gasteiger partial charge in [0.25, 0.3) is 6.09 Å². The van der Waals surface area contributed by atoms with E-state index in [9.17, 15) is 19.8 Å².